The third kappa shape index (κ3) is 4.81. The predicted molar refractivity (Wildman–Crippen MR) is 98.0 cm³/mol. The fraction of sp³-hybridized carbons (Fsp3) is 0.471. The van der Waals surface area contributed by atoms with Gasteiger partial charge in [-0.05, 0) is 25.5 Å². The minimum atomic E-state index is -0.0723. The standard InChI is InChI=1S/C17H23N3O5S/c1-6-10(2)18-14(21)9-26-17-20-19-16(25-17)11-7-12(22-3)15(24-5)13(8-11)23-4/h7-8,10H,6,9H2,1-5H3,(H,18,21)/t10-/m1/s1. The number of rotatable bonds is 9. The number of ether oxygens (including phenoxy) is 3. The average Bonchev–Trinajstić information content (AvgIpc) is 3.13. The van der Waals surface area contributed by atoms with Crippen LogP contribution in [0, 0.1) is 0 Å². The van der Waals surface area contributed by atoms with Crippen molar-refractivity contribution in [2.45, 2.75) is 31.5 Å². The minimum absolute atomic E-state index is 0.0723. The van der Waals surface area contributed by atoms with Crippen LogP contribution >= 0.6 is 11.8 Å². The second kappa shape index (κ2) is 9.33. The zero-order valence-electron chi connectivity index (χ0n) is 15.5. The summed E-state index contributed by atoms with van der Waals surface area (Å²) in [5.74, 6) is 1.89. The maximum absolute atomic E-state index is 11.8. The molecule has 0 unspecified atom stereocenters. The minimum Gasteiger partial charge on any atom is -0.493 e. The van der Waals surface area contributed by atoms with Crippen molar-refractivity contribution in [3.05, 3.63) is 12.1 Å². The predicted octanol–water partition coefficient (Wildman–Crippen LogP) is 2.77. The molecule has 0 bridgehead atoms. The summed E-state index contributed by atoms with van der Waals surface area (Å²) < 4.78 is 21.6. The zero-order valence-corrected chi connectivity index (χ0v) is 16.3. The average molecular weight is 381 g/mol. The molecule has 0 aliphatic carbocycles. The highest BCUT2D eigenvalue weighted by Crippen LogP contribution is 2.41. The van der Waals surface area contributed by atoms with E-state index in [1.165, 1.54) is 33.1 Å². The van der Waals surface area contributed by atoms with E-state index in [9.17, 15) is 4.79 Å². The highest BCUT2D eigenvalue weighted by molar-refractivity contribution is 7.99. The van der Waals surface area contributed by atoms with Gasteiger partial charge in [0.05, 0.1) is 27.1 Å². The number of aromatic nitrogens is 2. The fourth-order valence-corrected chi connectivity index (χ4v) is 2.71. The zero-order chi connectivity index (χ0) is 19.1. The summed E-state index contributed by atoms with van der Waals surface area (Å²) in [5.41, 5.74) is 0.628. The van der Waals surface area contributed by atoms with Crippen LogP contribution in [-0.4, -0.2) is 49.2 Å². The number of amides is 1. The number of benzene rings is 1. The fourth-order valence-electron chi connectivity index (χ4n) is 2.14. The van der Waals surface area contributed by atoms with Crippen LogP contribution in [0.1, 0.15) is 20.3 Å². The van der Waals surface area contributed by atoms with Gasteiger partial charge in [0.25, 0.3) is 5.22 Å². The molecule has 0 aliphatic rings. The first kappa shape index (κ1) is 19.9. The summed E-state index contributed by atoms with van der Waals surface area (Å²) in [5, 5.41) is 11.2. The van der Waals surface area contributed by atoms with Crippen LogP contribution in [0.3, 0.4) is 0 Å². The van der Waals surface area contributed by atoms with Gasteiger partial charge in [0.15, 0.2) is 11.5 Å². The van der Waals surface area contributed by atoms with Gasteiger partial charge in [-0.2, -0.15) is 0 Å². The molecule has 1 amide bonds. The first-order valence-corrected chi connectivity index (χ1v) is 9.06. The molecule has 142 valence electrons. The molecule has 2 aromatic rings. The molecule has 0 saturated heterocycles. The van der Waals surface area contributed by atoms with Crippen molar-refractivity contribution in [3.63, 3.8) is 0 Å². The van der Waals surface area contributed by atoms with Crippen LogP contribution in [-0.2, 0) is 4.79 Å². The van der Waals surface area contributed by atoms with Crippen LogP contribution in [0.4, 0.5) is 0 Å². The molecule has 0 saturated carbocycles. The summed E-state index contributed by atoms with van der Waals surface area (Å²) in [4.78, 5) is 11.8. The first-order valence-electron chi connectivity index (χ1n) is 8.08. The van der Waals surface area contributed by atoms with Crippen LogP contribution in [0.15, 0.2) is 21.8 Å². The first-order chi connectivity index (χ1) is 12.5. The third-order valence-corrected chi connectivity index (χ3v) is 4.48. The molecule has 1 heterocycles. The summed E-state index contributed by atoms with van der Waals surface area (Å²) in [6.07, 6.45) is 0.877. The van der Waals surface area contributed by atoms with E-state index in [0.717, 1.165) is 6.42 Å². The Bertz CT molecular complexity index is 725. The van der Waals surface area contributed by atoms with E-state index in [-0.39, 0.29) is 17.7 Å². The lowest BCUT2D eigenvalue weighted by molar-refractivity contribution is -0.119. The Morgan fingerprint density at radius 2 is 1.85 bits per heavy atom. The number of hydrogen-bond donors (Lipinski definition) is 1. The van der Waals surface area contributed by atoms with E-state index >= 15 is 0 Å². The normalized spacial score (nSPS) is 11.7. The molecule has 1 aromatic heterocycles. The topological polar surface area (TPSA) is 95.7 Å². The van der Waals surface area contributed by atoms with Crippen LogP contribution in [0.25, 0.3) is 11.5 Å². The summed E-state index contributed by atoms with van der Waals surface area (Å²) in [6, 6.07) is 3.58. The van der Waals surface area contributed by atoms with Crippen molar-refractivity contribution in [1.82, 2.24) is 15.5 Å². The van der Waals surface area contributed by atoms with Gasteiger partial charge in [0.2, 0.25) is 17.5 Å². The molecule has 0 spiro atoms. The highest BCUT2D eigenvalue weighted by atomic mass is 32.2. The number of carbonyl (C=O) groups is 1. The molecule has 0 fully saturated rings. The maximum Gasteiger partial charge on any atom is 0.277 e. The van der Waals surface area contributed by atoms with Crippen molar-refractivity contribution < 1.29 is 23.4 Å². The molecule has 1 aromatic carbocycles. The molecule has 9 heteroatoms. The van der Waals surface area contributed by atoms with Crippen molar-refractivity contribution in [1.29, 1.82) is 0 Å². The van der Waals surface area contributed by atoms with Gasteiger partial charge in [-0.1, -0.05) is 18.7 Å². The van der Waals surface area contributed by atoms with Crippen LogP contribution < -0.4 is 19.5 Å². The maximum atomic E-state index is 11.8. The van der Waals surface area contributed by atoms with Crippen molar-refractivity contribution in [2.24, 2.45) is 0 Å². The van der Waals surface area contributed by atoms with Gasteiger partial charge in [-0.15, -0.1) is 10.2 Å². The molecule has 1 N–H and O–H groups in total. The Balaban J connectivity index is 2.13. The van der Waals surface area contributed by atoms with E-state index < -0.39 is 0 Å². The van der Waals surface area contributed by atoms with Gasteiger partial charge in [0.1, 0.15) is 0 Å². The molecule has 0 radical (unpaired) electrons. The highest BCUT2D eigenvalue weighted by Gasteiger charge is 2.18. The third-order valence-electron chi connectivity index (χ3n) is 3.66. The van der Waals surface area contributed by atoms with E-state index in [1.54, 1.807) is 12.1 Å². The quantitative estimate of drug-likeness (QED) is 0.663. The molecule has 0 aliphatic heterocycles. The molecule has 2 rings (SSSR count). The van der Waals surface area contributed by atoms with Crippen molar-refractivity contribution in [3.8, 4) is 28.7 Å². The van der Waals surface area contributed by atoms with Gasteiger partial charge in [-0.3, -0.25) is 4.79 Å². The molecule has 1 atom stereocenters. The van der Waals surface area contributed by atoms with Gasteiger partial charge in [-0.25, -0.2) is 0 Å². The largest absolute Gasteiger partial charge is 0.493 e. The monoisotopic (exact) mass is 381 g/mol. The SMILES string of the molecule is CC[C@@H](C)NC(=O)CSc1nnc(-c2cc(OC)c(OC)c(OC)c2)o1. The number of carbonyl (C=O) groups excluding carboxylic acids is 1. The number of nitrogens with one attached hydrogen (secondary N) is 1. The molecule has 26 heavy (non-hydrogen) atoms. The van der Waals surface area contributed by atoms with E-state index in [0.29, 0.717) is 33.9 Å². The number of thioether (sulfide) groups is 1. The van der Waals surface area contributed by atoms with E-state index in [1.807, 2.05) is 13.8 Å². The smallest absolute Gasteiger partial charge is 0.277 e. The van der Waals surface area contributed by atoms with Crippen LogP contribution in [0.5, 0.6) is 17.2 Å². The van der Waals surface area contributed by atoms with Gasteiger partial charge in [0, 0.05) is 11.6 Å². The Labute approximate surface area is 156 Å². The lowest BCUT2D eigenvalue weighted by Gasteiger charge is -2.12. The van der Waals surface area contributed by atoms with Crippen molar-refractivity contribution >= 4 is 17.7 Å². The Morgan fingerprint density at radius 1 is 1.19 bits per heavy atom. The molecule has 8 nitrogen and oxygen atoms in total. The van der Waals surface area contributed by atoms with E-state index in [2.05, 4.69) is 15.5 Å². The lowest BCUT2D eigenvalue weighted by Crippen LogP contribution is -2.33. The molecular weight excluding hydrogens is 358 g/mol. The summed E-state index contributed by atoms with van der Waals surface area (Å²) in [6.45, 7) is 3.97. The Kier molecular flexibility index (Phi) is 7.14. The van der Waals surface area contributed by atoms with Crippen LogP contribution in [0.2, 0.25) is 0 Å². The Morgan fingerprint density at radius 3 is 2.38 bits per heavy atom. The number of methoxy groups -OCH3 is 3. The van der Waals surface area contributed by atoms with Crippen molar-refractivity contribution in [2.75, 3.05) is 27.1 Å². The second-order valence-electron chi connectivity index (χ2n) is 5.45. The Hall–Kier alpha value is -2.42. The number of hydrogen-bond acceptors (Lipinski definition) is 8. The molecular formula is C17H23N3O5S. The lowest BCUT2D eigenvalue weighted by atomic mass is 10.2. The van der Waals surface area contributed by atoms with Gasteiger partial charge >= 0.3 is 0 Å². The summed E-state index contributed by atoms with van der Waals surface area (Å²) >= 11 is 1.18. The number of nitrogens with zero attached hydrogens (tertiary/aromatic N) is 2. The second-order valence-corrected chi connectivity index (χ2v) is 6.38. The van der Waals surface area contributed by atoms with Gasteiger partial charge < -0.3 is 23.9 Å². The summed E-state index contributed by atoms with van der Waals surface area (Å²) in [7, 11) is 4.60. The van der Waals surface area contributed by atoms with E-state index in [4.69, 9.17) is 18.6 Å².